The van der Waals surface area contributed by atoms with Crippen molar-refractivity contribution in [3.8, 4) is 5.75 Å². The van der Waals surface area contributed by atoms with E-state index in [9.17, 15) is 4.79 Å². The molecular formula is C23H30N2O2. The summed E-state index contributed by atoms with van der Waals surface area (Å²) in [5, 5.41) is 3.08. The molecule has 1 fully saturated rings. The minimum absolute atomic E-state index is 0.0421. The van der Waals surface area contributed by atoms with Gasteiger partial charge in [0.25, 0.3) is 5.91 Å². The van der Waals surface area contributed by atoms with Gasteiger partial charge in [0.1, 0.15) is 5.75 Å². The Balaban J connectivity index is 1.58. The first-order valence-electron chi connectivity index (χ1n) is 9.95. The van der Waals surface area contributed by atoms with Gasteiger partial charge in [-0.25, -0.2) is 0 Å². The Labute approximate surface area is 162 Å². The monoisotopic (exact) mass is 366 g/mol. The van der Waals surface area contributed by atoms with Gasteiger partial charge in [0.2, 0.25) is 0 Å². The predicted molar refractivity (Wildman–Crippen MR) is 111 cm³/mol. The second kappa shape index (κ2) is 8.94. The number of amides is 1. The van der Waals surface area contributed by atoms with Gasteiger partial charge in [0.05, 0.1) is 12.6 Å². The maximum absolute atomic E-state index is 12.5. The number of nitrogens with zero attached hydrogens (tertiary/aromatic N) is 1. The van der Waals surface area contributed by atoms with Crippen LogP contribution in [0, 0.1) is 5.92 Å². The van der Waals surface area contributed by atoms with Gasteiger partial charge in [-0.1, -0.05) is 19.1 Å². The van der Waals surface area contributed by atoms with Crippen LogP contribution in [0.15, 0.2) is 48.5 Å². The summed E-state index contributed by atoms with van der Waals surface area (Å²) >= 11 is 0. The number of hydrogen-bond acceptors (Lipinski definition) is 3. The molecule has 3 rings (SSSR count). The van der Waals surface area contributed by atoms with Crippen molar-refractivity contribution >= 4 is 11.6 Å². The molecule has 0 spiro atoms. The molecule has 0 unspecified atom stereocenters. The summed E-state index contributed by atoms with van der Waals surface area (Å²) < 4.78 is 5.42. The molecule has 2 aromatic carbocycles. The van der Waals surface area contributed by atoms with Gasteiger partial charge in [0.15, 0.2) is 0 Å². The number of rotatable bonds is 6. The number of benzene rings is 2. The van der Waals surface area contributed by atoms with Crippen LogP contribution in [0.2, 0.25) is 0 Å². The van der Waals surface area contributed by atoms with Gasteiger partial charge in [-0.3, -0.25) is 4.79 Å². The third-order valence-corrected chi connectivity index (χ3v) is 5.32. The van der Waals surface area contributed by atoms with E-state index in [4.69, 9.17) is 4.74 Å². The Morgan fingerprint density at radius 2 is 1.74 bits per heavy atom. The summed E-state index contributed by atoms with van der Waals surface area (Å²) in [4.78, 5) is 14.9. The molecule has 0 aromatic heterocycles. The molecule has 0 radical (unpaired) electrons. The van der Waals surface area contributed by atoms with Gasteiger partial charge >= 0.3 is 0 Å². The molecule has 1 saturated heterocycles. The van der Waals surface area contributed by atoms with E-state index in [1.165, 1.54) is 18.5 Å². The lowest BCUT2D eigenvalue weighted by Gasteiger charge is -2.32. The third-order valence-electron chi connectivity index (χ3n) is 5.32. The molecule has 4 heteroatoms. The van der Waals surface area contributed by atoms with Crippen LogP contribution in [0.3, 0.4) is 0 Å². The minimum Gasteiger partial charge on any atom is -0.494 e. The van der Waals surface area contributed by atoms with Crippen LogP contribution in [-0.4, -0.2) is 25.6 Å². The summed E-state index contributed by atoms with van der Waals surface area (Å²) in [6.07, 6.45) is 2.52. The van der Waals surface area contributed by atoms with Crippen molar-refractivity contribution in [2.75, 3.05) is 24.6 Å². The van der Waals surface area contributed by atoms with Crippen LogP contribution in [-0.2, 0) is 0 Å². The summed E-state index contributed by atoms with van der Waals surface area (Å²) in [7, 11) is 0. The van der Waals surface area contributed by atoms with E-state index < -0.39 is 0 Å². The quantitative estimate of drug-likeness (QED) is 0.797. The van der Waals surface area contributed by atoms with E-state index in [2.05, 4.69) is 41.4 Å². The average Bonchev–Trinajstić information content (AvgIpc) is 2.69. The molecule has 1 heterocycles. The Bertz CT molecular complexity index is 732. The van der Waals surface area contributed by atoms with Crippen LogP contribution in [0.4, 0.5) is 5.69 Å². The molecule has 0 saturated carbocycles. The zero-order valence-electron chi connectivity index (χ0n) is 16.6. The number of carbonyl (C=O) groups is 1. The number of piperidine rings is 1. The van der Waals surface area contributed by atoms with Gasteiger partial charge in [-0.05, 0) is 74.6 Å². The number of hydrogen-bond donors (Lipinski definition) is 1. The van der Waals surface area contributed by atoms with Crippen molar-refractivity contribution in [2.24, 2.45) is 5.92 Å². The van der Waals surface area contributed by atoms with Crippen molar-refractivity contribution in [3.05, 3.63) is 59.7 Å². The third kappa shape index (κ3) is 5.03. The van der Waals surface area contributed by atoms with Crippen molar-refractivity contribution < 1.29 is 9.53 Å². The fourth-order valence-corrected chi connectivity index (χ4v) is 3.47. The summed E-state index contributed by atoms with van der Waals surface area (Å²) in [5.41, 5.74) is 3.03. The fraction of sp³-hybridized carbons (Fsp3) is 0.435. The lowest BCUT2D eigenvalue weighted by molar-refractivity contribution is 0.0940. The van der Waals surface area contributed by atoms with Crippen LogP contribution in [0.25, 0.3) is 0 Å². The van der Waals surface area contributed by atoms with Gasteiger partial charge < -0.3 is 15.0 Å². The van der Waals surface area contributed by atoms with Gasteiger partial charge in [0, 0.05) is 24.3 Å². The summed E-state index contributed by atoms with van der Waals surface area (Å²) in [6.45, 7) is 9.17. The molecule has 1 amide bonds. The molecule has 0 bridgehead atoms. The minimum atomic E-state index is -0.0698. The standard InChI is InChI=1S/C23H30N2O2/c1-4-27-22-11-7-20(8-12-22)23(26)24-18(3)19-5-9-21(10-6-19)25-15-13-17(2)14-16-25/h5-12,17-18H,4,13-16H2,1-3H3,(H,24,26)/t18-/m0/s1. The van der Waals surface area contributed by atoms with Gasteiger partial charge in [-0.2, -0.15) is 0 Å². The predicted octanol–water partition coefficient (Wildman–Crippen LogP) is 4.81. The highest BCUT2D eigenvalue weighted by Crippen LogP contribution is 2.24. The molecule has 1 aliphatic heterocycles. The fourth-order valence-electron chi connectivity index (χ4n) is 3.47. The van der Waals surface area contributed by atoms with E-state index in [0.717, 1.165) is 30.3 Å². The molecule has 2 aromatic rings. The summed E-state index contributed by atoms with van der Waals surface area (Å²) in [5.74, 6) is 1.54. The highest BCUT2D eigenvalue weighted by molar-refractivity contribution is 5.94. The number of ether oxygens (including phenoxy) is 1. The highest BCUT2D eigenvalue weighted by Gasteiger charge is 2.17. The maximum atomic E-state index is 12.5. The van der Waals surface area contributed by atoms with Crippen LogP contribution in [0.1, 0.15) is 55.6 Å². The Morgan fingerprint density at radius 1 is 1.11 bits per heavy atom. The maximum Gasteiger partial charge on any atom is 0.251 e. The first-order valence-corrected chi connectivity index (χ1v) is 9.95. The zero-order valence-corrected chi connectivity index (χ0v) is 16.6. The van der Waals surface area contributed by atoms with Crippen molar-refractivity contribution in [1.29, 1.82) is 0 Å². The van der Waals surface area contributed by atoms with Crippen molar-refractivity contribution in [1.82, 2.24) is 5.32 Å². The first kappa shape index (κ1) is 19.3. The van der Waals surface area contributed by atoms with Crippen molar-refractivity contribution in [3.63, 3.8) is 0 Å². The van der Waals surface area contributed by atoms with E-state index in [1.807, 2.05) is 26.0 Å². The Morgan fingerprint density at radius 3 is 2.33 bits per heavy atom. The number of carbonyl (C=O) groups excluding carboxylic acids is 1. The smallest absolute Gasteiger partial charge is 0.251 e. The van der Waals surface area contributed by atoms with Gasteiger partial charge in [-0.15, -0.1) is 0 Å². The largest absolute Gasteiger partial charge is 0.494 e. The zero-order chi connectivity index (χ0) is 19.2. The van der Waals surface area contributed by atoms with E-state index in [-0.39, 0.29) is 11.9 Å². The molecule has 144 valence electrons. The number of nitrogens with one attached hydrogen (secondary N) is 1. The lowest BCUT2D eigenvalue weighted by Crippen LogP contribution is -2.32. The highest BCUT2D eigenvalue weighted by atomic mass is 16.5. The molecule has 0 aliphatic carbocycles. The topological polar surface area (TPSA) is 41.6 Å². The van der Waals surface area contributed by atoms with E-state index in [1.54, 1.807) is 12.1 Å². The molecule has 1 atom stereocenters. The second-order valence-electron chi connectivity index (χ2n) is 7.41. The lowest BCUT2D eigenvalue weighted by atomic mass is 9.98. The summed E-state index contributed by atoms with van der Waals surface area (Å²) in [6, 6.07) is 15.8. The molecule has 1 N–H and O–H groups in total. The van der Waals surface area contributed by atoms with Crippen LogP contribution in [0.5, 0.6) is 5.75 Å². The van der Waals surface area contributed by atoms with Crippen molar-refractivity contribution in [2.45, 2.75) is 39.7 Å². The SMILES string of the molecule is CCOc1ccc(C(=O)N[C@@H](C)c2ccc(N3CCC(C)CC3)cc2)cc1. The van der Waals surface area contributed by atoms with Crippen LogP contribution < -0.4 is 15.0 Å². The Hall–Kier alpha value is -2.49. The second-order valence-corrected chi connectivity index (χ2v) is 7.41. The Kier molecular flexibility index (Phi) is 6.38. The molecule has 4 nitrogen and oxygen atoms in total. The first-order chi connectivity index (χ1) is 13.1. The van der Waals surface area contributed by atoms with Crippen LogP contribution >= 0.6 is 0 Å². The van der Waals surface area contributed by atoms with E-state index >= 15 is 0 Å². The number of anilines is 1. The normalized spacial score (nSPS) is 16.0. The van der Waals surface area contributed by atoms with E-state index in [0.29, 0.717) is 12.2 Å². The molecular weight excluding hydrogens is 336 g/mol. The molecule has 1 aliphatic rings. The average molecular weight is 367 g/mol. The molecule has 27 heavy (non-hydrogen) atoms.